The van der Waals surface area contributed by atoms with Crippen LogP contribution in [0.4, 0.5) is 0 Å². The molecule has 0 aliphatic carbocycles. The number of benzene rings is 1. The van der Waals surface area contributed by atoms with Crippen molar-refractivity contribution in [2.45, 2.75) is 65.8 Å². The minimum Gasteiger partial charge on any atom is -0.494 e. The van der Waals surface area contributed by atoms with Crippen LogP contribution in [-0.4, -0.2) is 13.2 Å². The number of rotatable bonds is 11. The van der Waals surface area contributed by atoms with Crippen LogP contribution in [0.15, 0.2) is 24.3 Å². The Hall–Kier alpha value is -1.02. The summed E-state index contributed by atoms with van der Waals surface area (Å²) in [4.78, 5) is 0. The average Bonchev–Trinajstić information content (AvgIpc) is 2.50. The van der Waals surface area contributed by atoms with Crippen LogP contribution >= 0.6 is 0 Å². The van der Waals surface area contributed by atoms with Gasteiger partial charge in [-0.25, -0.2) is 0 Å². The Kier molecular flexibility index (Phi) is 9.16. The van der Waals surface area contributed by atoms with E-state index in [2.05, 4.69) is 57.3 Å². The molecule has 1 unspecified atom stereocenters. The molecule has 1 N–H and O–H groups in total. The second kappa shape index (κ2) is 10.7. The van der Waals surface area contributed by atoms with Crippen molar-refractivity contribution >= 4 is 0 Å². The number of ether oxygens (including phenoxy) is 1. The molecule has 0 saturated carbocycles. The summed E-state index contributed by atoms with van der Waals surface area (Å²) in [6, 6.07) is 8.95. The van der Waals surface area contributed by atoms with Crippen LogP contribution in [0.5, 0.6) is 5.75 Å². The standard InChI is InChI=1S/C19H33NO/c1-5-11-16(12-6-2)19(20-15-7-3)17-13-9-10-14-18(17)21-8-4/h9-10,13-14,16,19-20H,5-8,11-12,15H2,1-4H3. The summed E-state index contributed by atoms with van der Waals surface area (Å²) in [6.07, 6.45) is 6.20. The lowest BCUT2D eigenvalue weighted by molar-refractivity contribution is 0.292. The second-order valence-electron chi connectivity index (χ2n) is 5.74. The van der Waals surface area contributed by atoms with Crippen molar-refractivity contribution in [3.05, 3.63) is 29.8 Å². The third kappa shape index (κ3) is 5.70. The SMILES string of the molecule is CCCNC(c1ccccc1OCC)C(CCC)CCC. The predicted molar refractivity (Wildman–Crippen MR) is 92.0 cm³/mol. The first-order chi connectivity index (χ1) is 10.3. The molecule has 0 aliphatic rings. The molecular weight excluding hydrogens is 258 g/mol. The molecule has 1 aromatic rings. The van der Waals surface area contributed by atoms with E-state index in [4.69, 9.17) is 4.74 Å². The maximum absolute atomic E-state index is 5.86. The van der Waals surface area contributed by atoms with Gasteiger partial charge in [0.2, 0.25) is 0 Å². The van der Waals surface area contributed by atoms with Gasteiger partial charge in [0.05, 0.1) is 6.61 Å². The Morgan fingerprint density at radius 2 is 1.62 bits per heavy atom. The van der Waals surface area contributed by atoms with Gasteiger partial charge in [0.1, 0.15) is 5.75 Å². The molecule has 0 amide bonds. The van der Waals surface area contributed by atoms with Crippen molar-refractivity contribution in [3.8, 4) is 5.75 Å². The summed E-state index contributed by atoms with van der Waals surface area (Å²) in [5.74, 6) is 1.74. The van der Waals surface area contributed by atoms with Crippen molar-refractivity contribution in [3.63, 3.8) is 0 Å². The van der Waals surface area contributed by atoms with Gasteiger partial charge in [-0.15, -0.1) is 0 Å². The number of nitrogens with one attached hydrogen (secondary N) is 1. The van der Waals surface area contributed by atoms with Crippen molar-refractivity contribution in [2.24, 2.45) is 5.92 Å². The largest absolute Gasteiger partial charge is 0.494 e. The summed E-state index contributed by atoms with van der Waals surface area (Å²) >= 11 is 0. The zero-order valence-electron chi connectivity index (χ0n) is 14.3. The van der Waals surface area contributed by atoms with E-state index >= 15 is 0 Å². The molecule has 0 aliphatic heterocycles. The molecule has 0 radical (unpaired) electrons. The monoisotopic (exact) mass is 291 g/mol. The van der Waals surface area contributed by atoms with Gasteiger partial charge in [0, 0.05) is 11.6 Å². The molecule has 0 saturated heterocycles. The van der Waals surface area contributed by atoms with Crippen LogP contribution in [0.2, 0.25) is 0 Å². The number of hydrogen-bond acceptors (Lipinski definition) is 2. The van der Waals surface area contributed by atoms with Gasteiger partial charge in [-0.1, -0.05) is 51.8 Å². The van der Waals surface area contributed by atoms with Crippen molar-refractivity contribution in [2.75, 3.05) is 13.2 Å². The highest BCUT2D eigenvalue weighted by molar-refractivity contribution is 5.36. The molecule has 1 atom stereocenters. The van der Waals surface area contributed by atoms with Crippen LogP contribution in [0.3, 0.4) is 0 Å². The lowest BCUT2D eigenvalue weighted by Gasteiger charge is -2.29. The average molecular weight is 291 g/mol. The Labute approximate surface area is 131 Å². The van der Waals surface area contributed by atoms with Gasteiger partial charge in [-0.3, -0.25) is 0 Å². The molecule has 0 aromatic heterocycles. The first kappa shape index (κ1) is 18.0. The molecule has 0 bridgehead atoms. The first-order valence-corrected chi connectivity index (χ1v) is 8.73. The minimum absolute atomic E-state index is 0.410. The molecule has 0 heterocycles. The topological polar surface area (TPSA) is 21.3 Å². The van der Waals surface area contributed by atoms with Crippen LogP contribution in [0.1, 0.15) is 71.4 Å². The minimum atomic E-state index is 0.410. The molecule has 0 spiro atoms. The third-order valence-corrected chi connectivity index (χ3v) is 3.96. The fourth-order valence-corrected chi connectivity index (χ4v) is 3.07. The van der Waals surface area contributed by atoms with E-state index in [1.54, 1.807) is 0 Å². The highest BCUT2D eigenvalue weighted by atomic mass is 16.5. The smallest absolute Gasteiger partial charge is 0.124 e. The molecule has 120 valence electrons. The Balaban J connectivity index is 3.04. The summed E-state index contributed by atoms with van der Waals surface area (Å²) in [7, 11) is 0. The highest BCUT2D eigenvalue weighted by Gasteiger charge is 2.24. The Morgan fingerprint density at radius 1 is 0.952 bits per heavy atom. The fourth-order valence-electron chi connectivity index (χ4n) is 3.07. The van der Waals surface area contributed by atoms with Gasteiger partial charge in [0.25, 0.3) is 0 Å². The summed E-state index contributed by atoms with van der Waals surface area (Å²) in [5, 5.41) is 3.77. The van der Waals surface area contributed by atoms with Crippen LogP contribution < -0.4 is 10.1 Å². The third-order valence-electron chi connectivity index (χ3n) is 3.96. The summed E-state index contributed by atoms with van der Waals surface area (Å²) in [6.45, 7) is 10.6. The summed E-state index contributed by atoms with van der Waals surface area (Å²) < 4.78 is 5.86. The van der Waals surface area contributed by atoms with E-state index in [0.29, 0.717) is 12.0 Å². The molecule has 1 aromatic carbocycles. The zero-order chi connectivity index (χ0) is 15.5. The number of hydrogen-bond donors (Lipinski definition) is 1. The fraction of sp³-hybridized carbons (Fsp3) is 0.684. The molecule has 2 nitrogen and oxygen atoms in total. The molecule has 0 fully saturated rings. The van der Waals surface area contributed by atoms with E-state index < -0.39 is 0 Å². The Bertz CT molecular complexity index is 372. The highest BCUT2D eigenvalue weighted by Crippen LogP contribution is 2.34. The van der Waals surface area contributed by atoms with E-state index in [0.717, 1.165) is 25.3 Å². The van der Waals surface area contributed by atoms with Gasteiger partial charge in [-0.2, -0.15) is 0 Å². The van der Waals surface area contributed by atoms with E-state index in [1.807, 2.05) is 0 Å². The van der Waals surface area contributed by atoms with E-state index in [9.17, 15) is 0 Å². The van der Waals surface area contributed by atoms with Crippen LogP contribution in [0.25, 0.3) is 0 Å². The maximum atomic E-state index is 5.86. The number of para-hydroxylation sites is 1. The van der Waals surface area contributed by atoms with Crippen molar-refractivity contribution in [1.82, 2.24) is 5.32 Å². The van der Waals surface area contributed by atoms with Gasteiger partial charge < -0.3 is 10.1 Å². The van der Waals surface area contributed by atoms with Gasteiger partial charge >= 0.3 is 0 Å². The van der Waals surface area contributed by atoms with Crippen LogP contribution in [-0.2, 0) is 0 Å². The lowest BCUT2D eigenvalue weighted by atomic mass is 9.85. The quantitative estimate of drug-likeness (QED) is 0.594. The van der Waals surface area contributed by atoms with E-state index in [1.165, 1.54) is 31.2 Å². The molecule has 1 rings (SSSR count). The zero-order valence-corrected chi connectivity index (χ0v) is 14.3. The molecular formula is C19H33NO. The second-order valence-corrected chi connectivity index (χ2v) is 5.74. The Morgan fingerprint density at radius 3 is 2.19 bits per heavy atom. The predicted octanol–water partition coefficient (Wildman–Crippen LogP) is 5.34. The van der Waals surface area contributed by atoms with Crippen LogP contribution in [0, 0.1) is 5.92 Å². The normalized spacial score (nSPS) is 12.6. The lowest BCUT2D eigenvalue weighted by Crippen LogP contribution is -2.29. The van der Waals surface area contributed by atoms with Gasteiger partial charge in [-0.05, 0) is 44.7 Å². The maximum Gasteiger partial charge on any atom is 0.124 e. The van der Waals surface area contributed by atoms with E-state index in [-0.39, 0.29) is 0 Å². The van der Waals surface area contributed by atoms with Gasteiger partial charge in [0.15, 0.2) is 0 Å². The summed E-state index contributed by atoms with van der Waals surface area (Å²) in [5.41, 5.74) is 1.33. The molecule has 21 heavy (non-hydrogen) atoms. The van der Waals surface area contributed by atoms with Crippen molar-refractivity contribution in [1.29, 1.82) is 0 Å². The van der Waals surface area contributed by atoms with Crippen molar-refractivity contribution < 1.29 is 4.74 Å². The first-order valence-electron chi connectivity index (χ1n) is 8.73. The molecule has 2 heteroatoms.